The summed E-state index contributed by atoms with van der Waals surface area (Å²) >= 11 is 5.29. The zero-order valence-electron chi connectivity index (χ0n) is 9.74. The minimum Gasteiger partial charge on any atom is -0.478 e. The molecule has 1 heterocycles. The topological polar surface area (TPSA) is 66.9 Å². The van der Waals surface area contributed by atoms with Crippen LogP contribution < -0.4 is 9.47 Å². The molecule has 0 radical (unpaired) electrons. The SMILES string of the molecule is COCOc1c(OCC(=O)OC)cc(I)nc1Br. The molecule has 0 N–H and O–H groups in total. The average molecular weight is 432 g/mol. The van der Waals surface area contributed by atoms with Crippen molar-refractivity contribution in [2.24, 2.45) is 0 Å². The van der Waals surface area contributed by atoms with Gasteiger partial charge in [0.2, 0.25) is 0 Å². The molecule has 0 aliphatic carbocycles. The number of hydrogen-bond acceptors (Lipinski definition) is 6. The fourth-order valence-corrected chi connectivity index (χ4v) is 2.36. The largest absolute Gasteiger partial charge is 0.478 e. The van der Waals surface area contributed by atoms with Crippen molar-refractivity contribution in [2.75, 3.05) is 27.6 Å². The van der Waals surface area contributed by atoms with Crippen molar-refractivity contribution in [1.29, 1.82) is 0 Å². The van der Waals surface area contributed by atoms with Gasteiger partial charge in [0.05, 0.1) is 7.11 Å². The molecule has 8 heteroatoms. The van der Waals surface area contributed by atoms with Gasteiger partial charge in [-0.15, -0.1) is 0 Å². The average Bonchev–Trinajstić information content (AvgIpc) is 2.34. The number of rotatable bonds is 6. The van der Waals surface area contributed by atoms with E-state index in [1.807, 2.05) is 22.6 Å². The minimum absolute atomic E-state index is 0.0510. The highest BCUT2D eigenvalue weighted by molar-refractivity contribution is 14.1. The van der Waals surface area contributed by atoms with Crippen LogP contribution in [-0.4, -0.2) is 38.6 Å². The van der Waals surface area contributed by atoms with Crippen LogP contribution in [0.25, 0.3) is 0 Å². The van der Waals surface area contributed by atoms with Gasteiger partial charge in [-0.25, -0.2) is 9.78 Å². The monoisotopic (exact) mass is 431 g/mol. The fraction of sp³-hybridized carbons (Fsp3) is 0.400. The number of carbonyl (C=O) groups excluding carboxylic acids is 1. The Balaban J connectivity index is 2.88. The first-order valence-corrected chi connectivity index (χ1v) is 6.63. The quantitative estimate of drug-likeness (QED) is 0.297. The van der Waals surface area contributed by atoms with Gasteiger partial charge in [0.25, 0.3) is 0 Å². The van der Waals surface area contributed by atoms with Crippen molar-refractivity contribution < 1.29 is 23.7 Å². The van der Waals surface area contributed by atoms with Gasteiger partial charge >= 0.3 is 5.97 Å². The Hall–Kier alpha value is -0.610. The summed E-state index contributed by atoms with van der Waals surface area (Å²) in [7, 11) is 2.79. The number of esters is 1. The van der Waals surface area contributed by atoms with Crippen LogP contribution in [0.4, 0.5) is 0 Å². The third-order valence-electron chi connectivity index (χ3n) is 1.76. The van der Waals surface area contributed by atoms with E-state index in [0.717, 1.165) is 0 Å². The summed E-state index contributed by atoms with van der Waals surface area (Å²) in [6, 6.07) is 1.65. The number of halogens is 2. The maximum absolute atomic E-state index is 11.0. The normalized spacial score (nSPS) is 10.0. The van der Waals surface area contributed by atoms with Crippen molar-refractivity contribution in [3.8, 4) is 11.5 Å². The molecule has 0 spiro atoms. The maximum Gasteiger partial charge on any atom is 0.343 e. The first-order chi connectivity index (χ1) is 8.58. The second-order valence-corrected chi connectivity index (χ2v) is 4.84. The van der Waals surface area contributed by atoms with Gasteiger partial charge in [-0.2, -0.15) is 0 Å². The second-order valence-electron chi connectivity index (χ2n) is 2.98. The van der Waals surface area contributed by atoms with Crippen LogP contribution >= 0.6 is 38.5 Å². The highest BCUT2D eigenvalue weighted by atomic mass is 127. The second kappa shape index (κ2) is 7.74. The molecule has 6 nitrogen and oxygen atoms in total. The third-order valence-corrected chi connectivity index (χ3v) is 2.85. The van der Waals surface area contributed by atoms with E-state index in [1.165, 1.54) is 14.2 Å². The molecule has 0 atom stereocenters. The van der Waals surface area contributed by atoms with Crippen LogP contribution in [0.2, 0.25) is 0 Å². The first-order valence-electron chi connectivity index (χ1n) is 4.76. The van der Waals surface area contributed by atoms with Crippen molar-refractivity contribution in [3.63, 3.8) is 0 Å². The molecule has 1 aromatic heterocycles. The van der Waals surface area contributed by atoms with Gasteiger partial charge in [0.1, 0.15) is 3.70 Å². The van der Waals surface area contributed by atoms with E-state index in [4.69, 9.17) is 14.2 Å². The van der Waals surface area contributed by atoms with Gasteiger partial charge in [-0.1, -0.05) is 0 Å². The van der Waals surface area contributed by atoms with Gasteiger partial charge in [-0.05, 0) is 38.5 Å². The summed E-state index contributed by atoms with van der Waals surface area (Å²) in [5.41, 5.74) is 0. The number of pyridine rings is 1. The van der Waals surface area contributed by atoms with E-state index < -0.39 is 5.97 Å². The zero-order valence-corrected chi connectivity index (χ0v) is 13.5. The molecule has 1 aromatic rings. The lowest BCUT2D eigenvalue weighted by Crippen LogP contribution is -2.14. The number of carbonyl (C=O) groups is 1. The van der Waals surface area contributed by atoms with Crippen molar-refractivity contribution in [2.45, 2.75) is 0 Å². The van der Waals surface area contributed by atoms with Crippen molar-refractivity contribution >= 4 is 44.5 Å². The van der Waals surface area contributed by atoms with Crippen LogP contribution in [0.5, 0.6) is 11.5 Å². The maximum atomic E-state index is 11.0. The molecule has 0 aliphatic heterocycles. The molecule has 0 amide bonds. The van der Waals surface area contributed by atoms with E-state index in [2.05, 4.69) is 25.7 Å². The van der Waals surface area contributed by atoms with Crippen LogP contribution in [0.3, 0.4) is 0 Å². The molecule has 0 saturated heterocycles. The smallest absolute Gasteiger partial charge is 0.343 e. The number of nitrogens with zero attached hydrogens (tertiary/aromatic N) is 1. The Morgan fingerprint density at radius 2 is 2.17 bits per heavy atom. The number of ether oxygens (including phenoxy) is 4. The zero-order chi connectivity index (χ0) is 13.5. The third kappa shape index (κ3) is 4.58. The summed E-state index contributed by atoms with van der Waals surface area (Å²) < 4.78 is 21.1. The molecule has 0 bridgehead atoms. The standard InChI is InChI=1S/C10H11BrINO5/c1-15-5-18-9-6(17-4-8(14)16-2)3-7(12)13-10(9)11/h3H,4-5H2,1-2H3. The molecule has 0 unspecified atom stereocenters. The lowest BCUT2D eigenvalue weighted by Gasteiger charge is -2.13. The Morgan fingerprint density at radius 3 is 2.78 bits per heavy atom. The Morgan fingerprint density at radius 1 is 1.44 bits per heavy atom. The van der Waals surface area contributed by atoms with Crippen molar-refractivity contribution in [1.82, 2.24) is 4.98 Å². The van der Waals surface area contributed by atoms with E-state index in [0.29, 0.717) is 19.8 Å². The molecule has 18 heavy (non-hydrogen) atoms. The van der Waals surface area contributed by atoms with Gasteiger partial charge in [0, 0.05) is 13.2 Å². The molecule has 0 fully saturated rings. The predicted molar refractivity (Wildman–Crippen MR) is 74.7 cm³/mol. The molecule has 100 valence electrons. The fourth-order valence-electron chi connectivity index (χ4n) is 1.00. The lowest BCUT2D eigenvalue weighted by atomic mass is 10.4. The van der Waals surface area contributed by atoms with E-state index >= 15 is 0 Å². The van der Waals surface area contributed by atoms with Gasteiger partial charge < -0.3 is 18.9 Å². The highest BCUT2D eigenvalue weighted by Gasteiger charge is 2.14. The van der Waals surface area contributed by atoms with Gasteiger partial charge in [-0.3, -0.25) is 0 Å². The molecule has 0 aliphatic rings. The molecule has 0 saturated carbocycles. The molecular formula is C10H11BrINO5. The summed E-state index contributed by atoms with van der Waals surface area (Å²) in [5.74, 6) is 0.292. The van der Waals surface area contributed by atoms with E-state index in [1.54, 1.807) is 6.07 Å². The Kier molecular flexibility index (Phi) is 6.65. The van der Waals surface area contributed by atoms with Gasteiger partial charge in [0.15, 0.2) is 29.5 Å². The van der Waals surface area contributed by atoms with Crippen LogP contribution in [0.1, 0.15) is 0 Å². The summed E-state index contributed by atoms with van der Waals surface area (Å²) in [4.78, 5) is 15.2. The minimum atomic E-state index is -0.476. The molecule has 0 aromatic carbocycles. The van der Waals surface area contributed by atoms with Crippen LogP contribution in [0, 0.1) is 3.70 Å². The Labute approximate surface area is 126 Å². The van der Waals surface area contributed by atoms with Crippen molar-refractivity contribution in [3.05, 3.63) is 14.4 Å². The first kappa shape index (κ1) is 15.4. The van der Waals surface area contributed by atoms with Crippen LogP contribution in [0.15, 0.2) is 10.7 Å². The molecular weight excluding hydrogens is 421 g/mol. The summed E-state index contributed by atoms with van der Waals surface area (Å²) in [5, 5.41) is 0. The summed E-state index contributed by atoms with van der Waals surface area (Å²) in [6.07, 6.45) is 0. The molecule has 1 rings (SSSR count). The van der Waals surface area contributed by atoms with Crippen LogP contribution in [-0.2, 0) is 14.3 Å². The highest BCUT2D eigenvalue weighted by Crippen LogP contribution is 2.35. The lowest BCUT2D eigenvalue weighted by molar-refractivity contribution is -0.142. The number of aromatic nitrogens is 1. The number of hydrogen-bond donors (Lipinski definition) is 0. The summed E-state index contributed by atoms with van der Waals surface area (Å²) in [6.45, 7) is -0.151. The number of methoxy groups -OCH3 is 2. The predicted octanol–water partition coefficient (Wildman–Crippen LogP) is 1.98. The van der Waals surface area contributed by atoms with E-state index in [9.17, 15) is 4.79 Å². The Bertz CT molecular complexity index is 429. The van der Waals surface area contributed by atoms with E-state index in [-0.39, 0.29) is 13.4 Å².